The summed E-state index contributed by atoms with van der Waals surface area (Å²) in [4.78, 5) is 1.24. The molecule has 1 nitrogen and oxygen atoms in total. The van der Waals surface area contributed by atoms with Crippen LogP contribution < -0.4 is 0 Å². The van der Waals surface area contributed by atoms with Crippen LogP contribution in [0.25, 0.3) is 0 Å². The zero-order valence-corrected chi connectivity index (χ0v) is 13.9. The summed E-state index contributed by atoms with van der Waals surface area (Å²) < 4.78 is 6.18. The van der Waals surface area contributed by atoms with Gasteiger partial charge < -0.3 is 4.43 Å². The second kappa shape index (κ2) is 7.05. The monoisotopic (exact) mass is 280 g/mol. The van der Waals surface area contributed by atoms with Crippen molar-refractivity contribution in [1.82, 2.24) is 0 Å². The molecule has 100 valence electrons. The van der Waals surface area contributed by atoms with Crippen molar-refractivity contribution in [1.29, 1.82) is 0 Å². The standard InChI is InChI=1S/C15H24OSSi/c1-6-13(2)12-15(16-18(3,4)5)17-14-10-8-7-9-11-14/h7-13H,6H2,1-5H3/b15-12-/t13-/m0/s1. The second-order valence-corrected chi connectivity index (χ2v) is 11.0. The Kier molecular flexibility index (Phi) is 6.02. The van der Waals surface area contributed by atoms with Gasteiger partial charge in [-0.2, -0.15) is 0 Å². The molecule has 0 fully saturated rings. The van der Waals surface area contributed by atoms with Gasteiger partial charge in [0.15, 0.2) is 0 Å². The van der Waals surface area contributed by atoms with Crippen LogP contribution in [0.5, 0.6) is 0 Å². The van der Waals surface area contributed by atoms with E-state index < -0.39 is 8.32 Å². The van der Waals surface area contributed by atoms with Crippen molar-refractivity contribution < 1.29 is 4.43 Å². The summed E-state index contributed by atoms with van der Waals surface area (Å²) >= 11 is 1.73. The van der Waals surface area contributed by atoms with Gasteiger partial charge in [-0.25, -0.2) is 0 Å². The number of rotatable bonds is 6. The third-order valence-corrected chi connectivity index (χ3v) is 4.34. The van der Waals surface area contributed by atoms with Gasteiger partial charge in [0.1, 0.15) is 5.09 Å². The lowest BCUT2D eigenvalue weighted by atomic mass is 10.1. The van der Waals surface area contributed by atoms with Gasteiger partial charge >= 0.3 is 0 Å². The second-order valence-electron chi connectivity index (χ2n) is 5.50. The molecule has 1 aromatic carbocycles. The molecule has 0 saturated heterocycles. The van der Waals surface area contributed by atoms with E-state index in [1.165, 1.54) is 4.90 Å². The molecule has 0 spiro atoms. The topological polar surface area (TPSA) is 9.23 Å². The van der Waals surface area contributed by atoms with Crippen molar-refractivity contribution in [2.45, 2.75) is 44.8 Å². The molecule has 0 amide bonds. The molecule has 0 radical (unpaired) electrons. The molecule has 0 aliphatic rings. The maximum Gasteiger partial charge on any atom is 0.242 e. The van der Waals surface area contributed by atoms with E-state index in [2.05, 4.69) is 63.8 Å². The fraction of sp³-hybridized carbons (Fsp3) is 0.467. The summed E-state index contributed by atoms with van der Waals surface area (Å²) in [6, 6.07) is 10.4. The molecule has 1 aromatic rings. The number of allylic oxidation sites excluding steroid dienone is 1. The molecule has 0 bridgehead atoms. The normalized spacial score (nSPS) is 14.4. The number of hydrogen-bond donors (Lipinski definition) is 0. The van der Waals surface area contributed by atoms with Crippen molar-refractivity contribution in [3.63, 3.8) is 0 Å². The molecule has 0 N–H and O–H groups in total. The first-order valence-electron chi connectivity index (χ1n) is 6.54. The largest absolute Gasteiger partial charge is 0.540 e. The van der Waals surface area contributed by atoms with E-state index in [4.69, 9.17) is 4.43 Å². The first-order valence-corrected chi connectivity index (χ1v) is 10.8. The molecule has 0 saturated carbocycles. The highest BCUT2D eigenvalue weighted by Gasteiger charge is 2.18. The lowest BCUT2D eigenvalue weighted by Gasteiger charge is -2.22. The van der Waals surface area contributed by atoms with Gasteiger partial charge in [0, 0.05) is 4.90 Å². The Balaban J connectivity index is 2.81. The van der Waals surface area contributed by atoms with E-state index in [9.17, 15) is 0 Å². The average molecular weight is 281 g/mol. The lowest BCUT2D eigenvalue weighted by molar-refractivity contribution is 0.455. The van der Waals surface area contributed by atoms with Gasteiger partial charge in [0.05, 0.1) is 0 Å². The third-order valence-electron chi connectivity index (χ3n) is 2.43. The minimum atomic E-state index is -1.54. The van der Waals surface area contributed by atoms with Gasteiger partial charge in [0.2, 0.25) is 8.32 Å². The fourth-order valence-electron chi connectivity index (χ4n) is 1.35. The van der Waals surface area contributed by atoms with E-state index in [1.807, 2.05) is 6.07 Å². The highest BCUT2D eigenvalue weighted by Crippen LogP contribution is 2.31. The summed E-state index contributed by atoms with van der Waals surface area (Å²) in [5, 5.41) is 1.06. The summed E-state index contributed by atoms with van der Waals surface area (Å²) in [5.41, 5.74) is 0. The summed E-state index contributed by atoms with van der Waals surface area (Å²) in [7, 11) is -1.54. The van der Waals surface area contributed by atoms with Crippen molar-refractivity contribution in [2.75, 3.05) is 0 Å². The maximum absolute atomic E-state index is 6.18. The van der Waals surface area contributed by atoms with Gasteiger partial charge in [-0.3, -0.25) is 0 Å². The lowest BCUT2D eigenvalue weighted by Crippen LogP contribution is -2.24. The predicted octanol–water partition coefficient (Wildman–Crippen LogP) is 5.52. The molecule has 0 aliphatic carbocycles. The predicted molar refractivity (Wildman–Crippen MR) is 84.3 cm³/mol. The van der Waals surface area contributed by atoms with Gasteiger partial charge in [-0.05, 0) is 50.2 Å². The number of benzene rings is 1. The van der Waals surface area contributed by atoms with Crippen LogP contribution in [0.1, 0.15) is 20.3 Å². The third kappa shape index (κ3) is 6.31. The Morgan fingerprint density at radius 3 is 2.39 bits per heavy atom. The van der Waals surface area contributed by atoms with Crippen LogP contribution in [0.4, 0.5) is 0 Å². The zero-order valence-electron chi connectivity index (χ0n) is 12.1. The molecule has 1 atom stereocenters. The van der Waals surface area contributed by atoms with E-state index in [0.29, 0.717) is 5.92 Å². The maximum atomic E-state index is 6.18. The van der Waals surface area contributed by atoms with Crippen LogP contribution >= 0.6 is 11.8 Å². The van der Waals surface area contributed by atoms with Gasteiger partial charge in [-0.1, -0.05) is 43.8 Å². The first-order chi connectivity index (χ1) is 8.40. The van der Waals surface area contributed by atoms with Crippen molar-refractivity contribution in [3.8, 4) is 0 Å². The Labute approximate surface area is 117 Å². The fourth-order valence-corrected chi connectivity index (χ4v) is 3.76. The molecule has 0 aliphatic heterocycles. The minimum Gasteiger partial charge on any atom is -0.540 e. The van der Waals surface area contributed by atoms with Crippen LogP contribution in [-0.2, 0) is 4.43 Å². The van der Waals surface area contributed by atoms with Gasteiger partial charge in [0.25, 0.3) is 0 Å². The van der Waals surface area contributed by atoms with Crippen LogP contribution in [0.15, 0.2) is 46.4 Å². The zero-order chi connectivity index (χ0) is 13.6. The number of thioether (sulfide) groups is 1. The summed E-state index contributed by atoms with van der Waals surface area (Å²) in [6.07, 6.45) is 3.41. The molecular formula is C15H24OSSi. The Hall–Kier alpha value is -0.673. The van der Waals surface area contributed by atoms with Crippen LogP contribution in [0.3, 0.4) is 0 Å². The molecule has 0 heterocycles. The Bertz CT molecular complexity index is 381. The van der Waals surface area contributed by atoms with E-state index in [-0.39, 0.29) is 0 Å². The quantitative estimate of drug-likeness (QED) is 0.385. The SMILES string of the molecule is CC[C@H](C)/C=C(/O[Si](C)(C)C)Sc1ccccc1. The van der Waals surface area contributed by atoms with E-state index >= 15 is 0 Å². The van der Waals surface area contributed by atoms with Crippen molar-refractivity contribution in [3.05, 3.63) is 41.5 Å². The van der Waals surface area contributed by atoms with E-state index in [0.717, 1.165) is 11.5 Å². The molecule has 0 unspecified atom stereocenters. The molecular weight excluding hydrogens is 256 g/mol. The smallest absolute Gasteiger partial charge is 0.242 e. The molecule has 3 heteroatoms. The van der Waals surface area contributed by atoms with E-state index in [1.54, 1.807) is 11.8 Å². The highest BCUT2D eigenvalue weighted by molar-refractivity contribution is 8.03. The van der Waals surface area contributed by atoms with Crippen molar-refractivity contribution in [2.24, 2.45) is 5.92 Å². The molecule has 18 heavy (non-hydrogen) atoms. The van der Waals surface area contributed by atoms with Crippen LogP contribution in [0.2, 0.25) is 19.6 Å². The first kappa shape index (κ1) is 15.4. The van der Waals surface area contributed by atoms with Gasteiger partial charge in [-0.15, -0.1) is 0 Å². The molecule has 0 aromatic heterocycles. The Morgan fingerprint density at radius 2 is 1.89 bits per heavy atom. The molecule has 1 rings (SSSR count). The average Bonchev–Trinajstić information content (AvgIpc) is 2.27. The number of hydrogen-bond acceptors (Lipinski definition) is 2. The summed E-state index contributed by atoms with van der Waals surface area (Å²) in [6.45, 7) is 11.1. The summed E-state index contributed by atoms with van der Waals surface area (Å²) in [5.74, 6) is 0.563. The van der Waals surface area contributed by atoms with Crippen molar-refractivity contribution >= 4 is 20.1 Å². The highest BCUT2D eigenvalue weighted by atomic mass is 32.2. The Morgan fingerprint density at radius 1 is 1.28 bits per heavy atom. The minimum absolute atomic E-state index is 0.563. The van der Waals surface area contributed by atoms with Crippen LogP contribution in [-0.4, -0.2) is 8.32 Å². The van der Waals surface area contributed by atoms with Crippen LogP contribution in [0, 0.1) is 5.92 Å².